The number of benzene rings is 2. The van der Waals surface area contributed by atoms with E-state index in [4.69, 9.17) is 22.1 Å². The van der Waals surface area contributed by atoms with Gasteiger partial charge in [-0.1, -0.05) is 61.2 Å². The van der Waals surface area contributed by atoms with Crippen molar-refractivity contribution in [2.45, 2.75) is 96.2 Å². The minimum Gasteiger partial charge on any atom is -0.444 e. The topological polar surface area (TPSA) is 114 Å². The van der Waals surface area contributed by atoms with Gasteiger partial charge in [-0.3, -0.25) is 4.79 Å². The SMILES string of the molecule is CC(C)(C)OC(=O)N1CCC(N2CCC(C(N)=O)CC2)CC1.Fc1ccc(-c2cccc(-c3nc(NC4CCCCC4)ncc3Cl)c2)cc1. The summed E-state index contributed by atoms with van der Waals surface area (Å²) < 4.78 is 18.6. The van der Waals surface area contributed by atoms with Gasteiger partial charge in [-0.15, -0.1) is 0 Å². The molecule has 1 aliphatic carbocycles. The molecule has 3 aromatic rings. The Balaban J connectivity index is 0.000000196. The van der Waals surface area contributed by atoms with Gasteiger partial charge in [0.2, 0.25) is 11.9 Å². The highest BCUT2D eigenvalue weighted by atomic mass is 35.5. The largest absolute Gasteiger partial charge is 0.444 e. The zero-order valence-corrected chi connectivity index (χ0v) is 29.7. The lowest BCUT2D eigenvalue weighted by Gasteiger charge is -2.41. The quantitative estimate of drug-likeness (QED) is 0.270. The number of primary amides is 1. The van der Waals surface area contributed by atoms with Crippen molar-refractivity contribution < 1.29 is 18.7 Å². The van der Waals surface area contributed by atoms with Gasteiger partial charge in [-0.05, 0) is 102 Å². The number of anilines is 1. The van der Waals surface area contributed by atoms with E-state index in [0.717, 1.165) is 81.4 Å². The van der Waals surface area contributed by atoms with Crippen LogP contribution in [0.1, 0.15) is 78.6 Å². The van der Waals surface area contributed by atoms with E-state index in [1.165, 1.54) is 31.4 Å². The van der Waals surface area contributed by atoms with Crippen LogP contribution in [-0.4, -0.2) is 75.6 Å². The second-order valence-corrected chi connectivity index (χ2v) is 14.8. The van der Waals surface area contributed by atoms with Gasteiger partial charge in [0, 0.05) is 36.7 Å². The number of rotatable bonds is 6. The molecule has 3 heterocycles. The lowest BCUT2D eigenvalue weighted by molar-refractivity contribution is -0.123. The Bertz CT molecular complexity index is 1540. The van der Waals surface area contributed by atoms with Gasteiger partial charge in [0.05, 0.1) is 16.9 Å². The number of likely N-dealkylation sites (tertiary alicyclic amines) is 2. The van der Waals surface area contributed by atoms with E-state index in [1.54, 1.807) is 23.2 Å². The number of nitrogens with zero attached hydrogens (tertiary/aromatic N) is 4. The molecule has 1 saturated carbocycles. The predicted octanol–water partition coefficient (Wildman–Crippen LogP) is 7.93. The highest BCUT2D eigenvalue weighted by molar-refractivity contribution is 6.32. The van der Waals surface area contributed by atoms with Gasteiger partial charge in [-0.25, -0.2) is 19.2 Å². The smallest absolute Gasteiger partial charge is 0.410 e. The van der Waals surface area contributed by atoms with E-state index in [2.05, 4.69) is 20.2 Å². The Labute approximate surface area is 294 Å². The number of aromatic nitrogens is 2. The summed E-state index contributed by atoms with van der Waals surface area (Å²) >= 11 is 6.39. The van der Waals surface area contributed by atoms with Crippen molar-refractivity contribution in [3.63, 3.8) is 0 Å². The van der Waals surface area contributed by atoms with E-state index < -0.39 is 5.60 Å². The van der Waals surface area contributed by atoms with Crippen LogP contribution < -0.4 is 11.1 Å². The molecule has 9 nitrogen and oxygen atoms in total. The van der Waals surface area contributed by atoms with Crippen LogP contribution in [-0.2, 0) is 9.53 Å². The minimum atomic E-state index is -0.440. The van der Waals surface area contributed by atoms with Gasteiger partial charge < -0.3 is 25.6 Å². The second kappa shape index (κ2) is 16.8. The lowest BCUT2D eigenvalue weighted by atomic mass is 9.93. The van der Waals surface area contributed by atoms with E-state index in [1.807, 2.05) is 45.0 Å². The summed E-state index contributed by atoms with van der Waals surface area (Å²) in [5.74, 6) is 0.248. The number of nitrogens with two attached hydrogens (primary N) is 1. The molecule has 2 amide bonds. The molecular formula is C38H50ClFN6O3. The molecule has 2 saturated heterocycles. The first-order valence-corrected chi connectivity index (χ1v) is 18.0. The summed E-state index contributed by atoms with van der Waals surface area (Å²) in [6.45, 7) is 9.03. The molecule has 3 aliphatic rings. The summed E-state index contributed by atoms with van der Waals surface area (Å²) in [5.41, 5.74) is 8.49. The summed E-state index contributed by atoms with van der Waals surface area (Å²) in [5, 5.41) is 3.96. The molecule has 2 aliphatic heterocycles. The monoisotopic (exact) mass is 692 g/mol. The molecular weight excluding hydrogens is 643 g/mol. The highest BCUT2D eigenvalue weighted by Gasteiger charge is 2.32. The molecule has 264 valence electrons. The Morgan fingerprint density at radius 1 is 0.898 bits per heavy atom. The van der Waals surface area contributed by atoms with E-state index in [-0.39, 0.29) is 23.7 Å². The molecule has 3 N–H and O–H groups in total. The van der Waals surface area contributed by atoms with E-state index in [9.17, 15) is 14.0 Å². The van der Waals surface area contributed by atoms with Gasteiger partial charge in [-0.2, -0.15) is 0 Å². The van der Waals surface area contributed by atoms with Crippen molar-refractivity contribution in [3.05, 3.63) is 65.6 Å². The first-order chi connectivity index (χ1) is 23.4. The number of hydrogen-bond donors (Lipinski definition) is 2. The van der Waals surface area contributed by atoms with Crippen LogP contribution in [0.3, 0.4) is 0 Å². The molecule has 3 fully saturated rings. The third kappa shape index (κ3) is 10.6. The summed E-state index contributed by atoms with van der Waals surface area (Å²) in [4.78, 5) is 36.5. The van der Waals surface area contributed by atoms with Crippen LogP contribution in [0.25, 0.3) is 22.4 Å². The van der Waals surface area contributed by atoms with Crippen LogP contribution in [0.2, 0.25) is 5.02 Å². The maximum Gasteiger partial charge on any atom is 0.410 e. The summed E-state index contributed by atoms with van der Waals surface area (Å²) in [6.07, 6.45) is 11.2. The number of carbonyl (C=O) groups is 2. The van der Waals surface area contributed by atoms with Crippen molar-refractivity contribution in [2.24, 2.45) is 11.7 Å². The standard InChI is InChI=1S/C22H21ClFN3.C16H29N3O3/c23-20-14-25-22(26-19-7-2-1-3-8-19)27-21(20)17-6-4-5-16(13-17)15-9-11-18(24)12-10-15;1-16(2,3)22-15(21)19-10-6-13(7-11-19)18-8-4-12(5-9-18)14(17)20/h4-6,9-14,19H,1-3,7-8H2,(H,25,26,27);12-13H,4-11H2,1-3H3,(H2,17,20). The van der Waals surface area contributed by atoms with Gasteiger partial charge >= 0.3 is 6.09 Å². The van der Waals surface area contributed by atoms with Crippen molar-refractivity contribution in [1.82, 2.24) is 19.8 Å². The molecule has 11 heteroatoms. The van der Waals surface area contributed by atoms with Gasteiger partial charge in [0.15, 0.2) is 0 Å². The molecule has 2 aromatic carbocycles. The number of hydrogen-bond acceptors (Lipinski definition) is 7. The van der Waals surface area contributed by atoms with Gasteiger partial charge in [0.25, 0.3) is 0 Å². The Hall–Kier alpha value is -3.76. The first kappa shape index (κ1) is 36.5. The molecule has 0 bridgehead atoms. The molecule has 49 heavy (non-hydrogen) atoms. The Kier molecular flexibility index (Phi) is 12.5. The molecule has 0 radical (unpaired) electrons. The number of halogens is 2. The number of piperidine rings is 2. The molecule has 0 spiro atoms. The van der Waals surface area contributed by atoms with Crippen LogP contribution >= 0.6 is 11.6 Å². The number of amides is 2. The van der Waals surface area contributed by atoms with Crippen LogP contribution in [0.15, 0.2) is 54.7 Å². The fraction of sp³-hybridized carbons (Fsp3) is 0.526. The average Bonchev–Trinajstić information content (AvgIpc) is 3.10. The number of ether oxygens (including phenoxy) is 1. The molecule has 1 aromatic heterocycles. The van der Waals surface area contributed by atoms with E-state index >= 15 is 0 Å². The van der Waals surface area contributed by atoms with Crippen molar-refractivity contribution >= 4 is 29.5 Å². The van der Waals surface area contributed by atoms with Crippen molar-refractivity contribution in [1.29, 1.82) is 0 Å². The fourth-order valence-corrected chi connectivity index (χ4v) is 7.05. The van der Waals surface area contributed by atoms with Crippen molar-refractivity contribution in [2.75, 3.05) is 31.5 Å². The molecule has 6 rings (SSSR count). The molecule has 0 unspecified atom stereocenters. The predicted molar refractivity (Wildman–Crippen MR) is 193 cm³/mol. The first-order valence-electron chi connectivity index (χ1n) is 17.6. The second-order valence-electron chi connectivity index (χ2n) is 14.4. The maximum absolute atomic E-state index is 13.2. The zero-order valence-electron chi connectivity index (χ0n) is 29.0. The van der Waals surface area contributed by atoms with E-state index in [0.29, 0.717) is 28.7 Å². The Morgan fingerprint density at radius 3 is 2.18 bits per heavy atom. The van der Waals surface area contributed by atoms with Crippen LogP contribution in [0.5, 0.6) is 0 Å². The maximum atomic E-state index is 13.2. The summed E-state index contributed by atoms with van der Waals surface area (Å²) in [6, 6.07) is 15.4. The number of nitrogens with one attached hydrogen (secondary N) is 1. The van der Waals surface area contributed by atoms with Crippen LogP contribution in [0, 0.1) is 11.7 Å². The third-order valence-electron chi connectivity index (χ3n) is 9.56. The summed E-state index contributed by atoms with van der Waals surface area (Å²) in [7, 11) is 0. The third-order valence-corrected chi connectivity index (χ3v) is 9.84. The number of carbonyl (C=O) groups excluding carboxylic acids is 2. The highest BCUT2D eigenvalue weighted by Crippen LogP contribution is 2.31. The van der Waals surface area contributed by atoms with Crippen molar-refractivity contribution in [3.8, 4) is 22.4 Å². The molecule has 0 atom stereocenters. The normalized spacial score (nSPS) is 18.3. The fourth-order valence-electron chi connectivity index (χ4n) is 6.85. The van der Waals surface area contributed by atoms with Gasteiger partial charge in [0.1, 0.15) is 11.4 Å². The average molecular weight is 693 g/mol. The Morgan fingerprint density at radius 2 is 1.55 bits per heavy atom. The lowest BCUT2D eigenvalue weighted by Crippen LogP contribution is -2.50. The zero-order chi connectivity index (χ0) is 35.0. The van der Waals surface area contributed by atoms with Crippen LogP contribution in [0.4, 0.5) is 15.1 Å². The minimum absolute atomic E-state index is 0.0399.